The molecule has 0 aromatic heterocycles. The molecule has 1 unspecified atom stereocenters. The summed E-state index contributed by atoms with van der Waals surface area (Å²) in [7, 11) is 0. The Balaban J connectivity index is 1.57. The Bertz CT molecular complexity index is 826. The third-order valence-corrected chi connectivity index (χ3v) is 5.03. The van der Waals surface area contributed by atoms with Crippen LogP contribution in [0.2, 0.25) is 0 Å². The Morgan fingerprint density at radius 3 is 2.88 bits per heavy atom. The Hall–Kier alpha value is -2.60. The Labute approximate surface area is 151 Å². The fraction of sp³-hybridized carbons (Fsp3) is 0.350. The molecule has 1 fully saturated rings. The maximum atomic E-state index is 13.6. The van der Waals surface area contributed by atoms with Crippen LogP contribution in [0.1, 0.15) is 18.4 Å². The van der Waals surface area contributed by atoms with Crippen LogP contribution in [0.25, 0.3) is 0 Å². The fourth-order valence-corrected chi connectivity index (χ4v) is 3.74. The molecule has 1 N–H and O–H groups in total. The number of rotatable bonds is 2. The van der Waals surface area contributed by atoms with Crippen molar-refractivity contribution in [2.45, 2.75) is 25.4 Å². The number of anilines is 1. The number of piperidine rings is 1. The number of benzene rings is 2. The number of hydrogen-bond donors (Lipinski definition) is 1. The van der Waals surface area contributed by atoms with Gasteiger partial charge in [0.25, 0.3) is 0 Å². The molecule has 4 rings (SSSR count). The largest absolute Gasteiger partial charge is 0.508 e. The minimum atomic E-state index is -0.339. The van der Waals surface area contributed by atoms with Crippen molar-refractivity contribution in [3.63, 3.8) is 0 Å². The van der Waals surface area contributed by atoms with Crippen LogP contribution in [-0.2, 0) is 11.3 Å². The van der Waals surface area contributed by atoms with Crippen molar-refractivity contribution in [2.24, 2.45) is 0 Å². The summed E-state index contributed by atoms with van der Waals surface area (Å²) in [5.74, 6) is 0.499. The van der Waals surface area contributed by atoms with Crippen LogP contribution in [0.4, 0.5) is 10.1 Å². The van der Waals surface area contributed by atoms with Crippen LogP contribution in [0.3, 0.4) is 0 Å². The van der Waals surface area contributed by atoms with Gasteiger partial charge in [-0.25, -0.2) is 4.39 Å². The van der Waals surface area contributed by atoms with Crippen LogP contribution in [0.5, 0.6) is 11.5 Å². The lowest BCUT2D eigenvalue weighted by Crippen LogP contribution is -2.52. The third-order valence-electron chi connectivity index (χ3n) is 5.03. The predicted octanol–water partition coefficient (Wildman–Crippen LogP) is 2.92. The summed E-state index contributed by atoms with van der Waals surface area (Å²) in [6.45, 7) is 2.28. The van der Waals surface area contributed by atoms with Gasteiger partial charge in [-0.3, -0.25) is 9.69 Å². The highest BCUT2D eigenvalue weighted by Crippen LogP contribution is 2.30. The lowest BCUT2D eigenvalue weighted by molar-refractivity contribution is -0.125. The van der Waals surface area contributed by atoms with Gasteiger partial charge in [-0.2, -0.15) is 0 Å². The van der Waals surface area contributed by atoms with Crippen molar-refractivity contribution in [3.05, 3.63) is 53.8 Å². The molecule has 2 aromatic carbocycles. The zero-order chi connectivity index (χ0) is 18.1. The first-order valence-electron chi connectivity index (χ1n) is 8.87. The number of amides is 1. The molecule has 26 heavy (non-hydrogen) atoms. The number of aromatic hydroxyl groups is 1. The number of hydrogen-bond acceptors (Lipinski definition) is 4. The summed E-state index contributed by atoms with van der Waals surface area (Å²) < 4.78 is 19.3. The van der Waals surface area contributed by atoms with Crippen molar-refractivity contribution in [2.75, 3.05) is 24.6 Å². The van der Waals surface area contributed by atoms with Crippen molar-refractivity contribution in [1.82, 2.24) is 4.90 Å². The van der Waals surface area contributed by atoms with E-state index in [0.717, 1.165) is 18.4 Å². The maximum absolute atomic E-state index is 13.6. The molecule has 2 heterocycles. The van der Waals surface area contributed by atoms with E-state index in [1.165, 1.54) is 12.1 Å². The molecule has 5 nitrogen and oxygen atoms in total. The molecule has 0 radical (unpaired) electrons. The summed E-state index contributed by atoms with van der Waals surface area (Å²) in [6, 6.07) is 11.0. The summed E-state index contributed by atoms with van der Waals surface area (Å²) in [6.07, 6.45) is 1.64. The lowest BCUT2D eigenvalue weighted by atomic mass is 10.0. The van der Waals surface area contributed by atoms with Crippen molar-refractivity contribution >= 4 is 11.6 Å². The second kappa shape index (κ2) is 6.96. The lowest BCUT2D eigenvalue weighted by Gasteiger charge is -2.38. The molecule has 6 heteroatoms. The highest BCUT2D eigenvalue weighted by molar-refractivity contribution is 5.97. The predicted molar refractivity (Wildman–Crippen MR) is 95.8 cm³/mol. The zero-order valence-electron chi connectivity index (χ0n) is 14.4. The van der Waals surface area contributed by atoms with Gasteiger partial charge in [0.05, 0.1) is 6.04 Å². The van der Waals surface area contributed by atoms with Crippen LogP contribution >= 0.6 is 0 Å². The van der Waals surface area contributed by atoms with E-state index in [-0.39, 0.29) is 23.5 Å². The minimum absolute atomic E-state index is 0.00378. The molecule has 0 aliphatic carbocycles. The van der Waals surface area contributed by atoms with Crippen LogP contribution in [0.15, 0.2) is 42.5 Å². The summed E-state index contributed by atoms with van der Waals surface area (Å²) in [5, 5.41) is 9.63. The number of carbonyl (C=O) groups excluding carboxylic acids is 1. The monoisotopic (exact) mass is 356 g/mol. The fourth-order valence-electron chi connectivity index (χ4n) is 3.74. The first-order chi connectivity index (χ1) is 12.6. The number of ether oxygens (including phenoxy) is 1. The molecule has 1 atom stereocenters. The van der Waals surface area contributed by atoms with Crippen LogP contribution in [0, 0.1) is 5.82 Å². The molecule has 2 aromatic rings. The smallest absolute Gasteiger partial charge is 0.244 e. The van der Waals surface area contributed by atoms with Gasteiger partial charge >= 0.3 is 0 Å². The average molecular weight is 356 g/mol. The highest BCUT2D eigenvalue weighted by atomic mass is 19.1. The number of phenols is 1. The van der Waals surface area contributed by atoms with Crippen LogP contribution < -0.4 is 9.64 Å². The second-order valence-corrected chi connectivity index (χ2v) is 6.74. The Kier molecular flexibility index (Phi) is 4.51. The number of halogens is 1. The molecular weight excluding hydrogens is 335 g/mol. The molecule has 2 aliphatic rings. The third kappa shape index (κ3) is 3.24. The SMILES string of the molecule is O=C1C(N2CCOc3cc(O)ccc3C2)CCCN1c1cccc(F)c1. The number of phenolic OH excluding ortho intramolecular Hbond substituents is 1. The van der Waals surface area contributed by atoms with Gasteiger partial charge < -0.3 is 14.7 Å². The number of nitrogens with zero attached hydrogens (tertiary/aromatic N) is 2. The number of carbonyl (C=O) groups is 1. The Morgan fingerprint density at radius 1 is 1.15 bits per heavy atom. The van der Waals surface area contributed by atoms with E-state index in [4.69, 9.17) is 4.74 Å². The normalized spacial score (nSPS) is 21.0. The second-order valence-electron chi connectivity index (χ2n) is 6.74. The first kappa shape index (κ1) is 16.8. The molecule has 1 saturated heterocycles. The van der Waals surface area contributed by atoms with E-state index in [9.17, 15) is 14.3 Å². The van der Waals surface area contributed by atoms with Crippen molar-refractivity contribution in [3.8, 4) is 11.5 Å². The summed E-state index contributed by atoms with van der Waals surface area (Å²) >= 11 is 0. The molecule has 0 saturated carbocycles. The molecule has 1 amide bonds. The van der Waals surface area contributed by atoms with Gasteiger partial charge in [0.2, 0.25) is 5.91 Å². The molecule has 2 aliphatic heterocycles. The van der Waals surface area contributed by atoms with Gasteiger partial charge in [-0.1, -0.05) is 12.1 Å². The first-order valence-corrected chi connectivity index (χ1v) is 8.87. The summed E-state index contributed by atoms with van der Waals surface area (Å²) in [4.78, 5) is 16.9. The van der Waals surface area contributed by atoms with Gasteiger partial charge in [-0.05, 0) is 37.1 Å². The van der Waals surface area contributed by atoms with Crippen molar-refractivity contribution < 1.29 is 19.0 Å². The number of fused-ring (bicyclic) bond motifs is 1. The van der Waals surface area contributed by atoms with Gasteiger partial charge in [0, 0.05) is 37.0 Å². The van der Waals surface area contributed by atoms with Gasteiger partial charge in [0.1, 0.15) is 23.9 Å². The zero-order valence-corrected chi connectivity index (χ0v) is 14.4. The van der Waals surface area contributed by atoms with Crippen molar-refractivity contribution in [1.29, 1.82) is 0 Å². The van der Waals surface area contributed by atoms with E-state index < -0.39 is 0 Å². The highest BCUT2D eigenvalue weighted by Gasteiger charge is 2.35. The molecular formula is C20H21FN2O3. The standard InChI is InChI=1S/C20H21FN2O3/c21-15-3-1-4-16(11-15)23-8-2-5-18(20(23)25)22-9-10-26-19-12-17(24)7-6-14(19)13-22/h1,3-4,6-7,11-12,18,24H,2,5,8-10,13H2. The van der Waals surface area contributed by atoms with Crippen LogP contribution in [-0.4, -0.2) is 41.7 Å². The van der Waals surface area contributed by atoms with E-state index in [2.05, 4.69) is 4.90 Å². The topological polar surface area (TPSA) is 53.0 Å². The maximum Gasteiger partial charge on any atom is 0.244 e. The average Bonchev–Trinajstić information content (AvgIpc) is 2.84. The van der Waals surface area contributed by atoms with Gasteiger partial charge in [-0.15, -0.1) is 0 Å². The van der Waals surface area contributed by atoms with E-state index in [0.29, 0.717) is 37.7 Å². The van der Waals surface area contributed by atoms with E-state index >= 15 is 0 Å². The molecule has 0 bridgehead atoms. The van der Waals surface area contributed by atoms with E-state index in [1.54, 1.807) is 29.2 Å². The minimum Gasteiger partial charge on any atom is -0.508 e. The van der Waals surface area contributed by atoms with E-state index in [1.807, 2.05) is 6.07 Å². The quantitative estimate of drug-likeness (QED) is 0.899. The molecule has 0 spiro atoms. The Morgan fingerprint density at radius 2 is 2.04 bits per heavy atom. The van der Waals surface area contributed by atoms with Gasteiger partial charge in [0.15, 0.2) is 0 Å². The molecule has 136 valence electrons. The summed E-state index contributed by atoms with van der Waals surface area (Å²) in [5.41, 5.74) is 1.56.